The fraction of sp³-hybridized carbons (Fsp3) is 0.579. The third-order valence-corrected chi connectivity index (χ3v) is 6.01. The van der Waals surface area contributed by atoms with Gasteiger partial charge in [0.1, 0.15) is 17.0 Å². The van der Waals surface area contributed by atoms with Crippen LogP contribution in [0.5, 0.6) is 0 Å². The van der Waals surface area contributed by atoms with E-state index in [1.54, 1.807) is 6.20 Å². The first-order valence-corrected chi connectivity index (χ1v) is 9.61. The zero-order valence-corrected chi connectivity index (χ0v) is 15.6. The Hall–Kier alpha value is -2.48. The van der Waals surface area contributed by atoms with Gasteiger partial charge < -0.3 is 14.1 Å². The predicted octanol–water partition coefficient (Wildman–Crippen LogP) is 2.74. The van der Waals surface area contributed by atoms with Crippen LogP contribution < -0.4 is 5.56 Å². The van der Waals surface area contributed by atoms with Gasteiger partial charge in [-0.15, -0.1) is 0 Å². The standard InChI is InChI=1S/C19H23N5O3/c1-10-11(2)27-19(21-10)14-4-3-13(14)16-22-17-15(18(25)23-16)9-20-24(17)12-5-7-26-8-6-12/h9,12-14H,3-8H2,1-2H3,(H,22,23,25)/t13-,14-/m1/s1. The van der Waals surface area contributed by atoms with Crippen molar-refractivity contribution in [2.45, 2.75) is 57.4 Å². The van der Waals surface area contributed by atoms with Crippen molar-refractivity contribution in [1.29, 1.82) is 0 Å². The lowest BCUT2D eigenvalue weighted by Crippen LogP contribution is -2.27. The molecule has 3 aromatic rings. The van der Waals surface area contributed by atoms with Crippen LogP contribution in [-0.2, 0) is 4.74 Å². The predicted molar refractivity (Wildman–Crippen MR) is 97.9 cm³/mol. The minimum absolute atomic E-state index is 0.123. The molecule has 1 saturated heterocycles. The van der Waals surface area contributed by atoms with Crippen LogP contribution in [0, 0.1) is 13.8 Å². The van der Waals surface area contributed by atoms with Crippen molar-refractivity contribution in [3.05, 3.63) is 39.7 Å². The molecule has 8 heteroatoms. The fourth-order valence-electron chi connectivity index (χ4n) is 4.10. The molecule has 1 aliphatic carbocycles. The van der Waals surface area contributed by atoms with Crippen molar-refractivity contribution < 1.29 is 9.15 Å². The van der Waals surface area contributed by atoms with Crippen LogP contribution in [-0.4, -0.2) is 37.9 Å². The Morgan fingerprint density at radius 3 is 2.56 bits per heavy atom. The molecule has 0 spiro atoms. The van der Waals surface area contributed by atoms with Gasteiger partial charge in [-0.3, -0.25) is 4.79 Å². The van der Waals surface area contributed by atoms with E-state index in [1.807, 2.05) is 18.5 Å². The van der Waals surface area contributed by atoms with E-state index < -0.39 is 0 Å². The van der Waals surface area contributed by atoms with Gasteiger partial charge in [0.25, 0.3) is 5.56 Å². The first-order valence-electron chi connectivity index (χ1n) is 9.61. The molecular formula is C19H23N5O3. The number of rotatable bonds is 3. The fourth-order valence-corrected chi connectivity index (χ4v) is 4.10. The highest BCUT2D eigenvalue weighted by atomic mass is 16.5. The number of hydrogen-bond acceptors (Lipinski definition) is 6. The van der Waals surface area contributed by atoms with Gasteiger partial charge in [0.05, 0.1) is 17.9 Å². The molecule has 5 rings (SSSR count). The molecule has 1 aliphatic heterocycles. The van der Waals surface area contributed by atoms with Crippen molar-refractivity contribution in [3.8, 4) is 0 Å². The lowest BCUT2D eigenvalue weighted by atomic mass is 9.73. The van der Waals surface area contributed by atoms with Gasteiger partial charge in [0, 0.05) is 25.0 Å². The van der Waals surface area contributed by atoms with Gasteiger partial charge in [-0.25, -0.2) is 14.6 Å². The summed E-state index contributed by atoms with van der Waals surface area (Å²) in [6.45, 7) is 5.32. The molecule has 2 aliphatic rings. The highest BCUT2D eigenvalue weighted by Gasteiger charge is 2.39. The Bertz CT molecular complexity index is 1020. The van der Waals surface area contributed by atoms with Gasteiger partial charge in [-0.2, -0.15) is 5.10 Å². The van der Waals surface area contributed by atoms with E-state index in [1.165, 1.54) is 0 Å². The average Bonchev–Trinajstić information content (AvgIpc) is 3.19. The molecule has 0 amide bonds. The lowest BCUT2D eigenvalue weighted by Gasteiger charge is -2.33. The summed E-state index contributed by atoms with van der Waals surface area (Å²) < 4.78 is 13.2. The number of H-pyrrole nitrogens is 1. The Labute approximate surface area is 156 Å². The summed E-state index contributed by atoms with van der Waals surface area (Å²) >= 11 is 0. The van der Waals surface area contributed by atoms with Gasteiger partial charge in [0.15, 0.2) is 11.5 Å². The number of nitrogens with one attached hydrogen (secondary N) is 1. The second kappa shape index (κ2) is 6.30. The molecule has 0 aromatic carbocycles. The van der Waals surface area contributed by atoms with Gasteiger partial charge in [0.2, 0.25) is 0 Å². The van der Waals surface area contributed by atoms with Crippen LogP contribution in [0.2, 0.25) is 0 Å². The summed E-state index contributed by atoms with van der Waals surface area (Å²) in [5.41, 5.74) is 1.47. The van der Waals surface area contributed by atoms with Crippen LogP contribution in [0.25, 0.3) is 11.0 Å². The molecule has 0 unspecified atom stereocenters. The molecule has 4 heterocycles. The van der Waals surface area contributed by atoms with E-state index in [9.17, 15) is 4.79 Å². The molecule has 0 radical (unpaired) electrons. The molecular weight excluding hydrogens is 346 g/mol. The van der Waals surface area contributed by atoms with Crippen LogP contribution in [0.4, 0.5) is 0 Å². The minimum Gasteiger partial charge on any atom is -0.445 e. The number of fused-ring (bicyclic) bond motifs is 1. The van der Waals surface area contributed by atoms with Gasteiger partial charge >= 0.3 is 0 Å². The van der Waals surface area contributed by atoms with Gasteiger partial charge in [-0.1, -0.05) is 0 Å². The maximum Gasteiger partial charge on any atom is 0.262 e. The highest BCUT2D eigenvalue weighted by molar-refractivity contribution is 5.73. The SMILES string of the molecule is Cc1nc([C@@H]2CC[C@H]2c2nc3c(cnn3C3CCOCC3)c(=O)[nH]2)oc1C. The molecule has 2 atom stereocenters. The molecule has 0 bridgehead atoms. The first-order chi connectivity index (χ1) is 13.1. The second-order valence-corrected chi connectivity index (χ2v) is 7.61. The van der Waals surface area contributed by atoms with Crippen molar-refractivity contribution >= 4 is 11.0 Å². The number of nitrogens with zero attached hydrogens (tertiary/aromatic N) is 4. The van der Waals surface area contributed by atoms with E-state index in [4.69, 9.17) is 14.1 Å². The highest BCUT2D eigenvalue weighted by Crippen LogP contribution is 2.47. The van der Waals surface area contributed by atoms with Crippen LogP contribution in [0.15, 0.2) is 15.4 Å². The second-order valence-electron chi connectivity index (χ2n) is 7.61. The summed E-state index contributed by atoms with van der Waals surface area (Å²) in [6, 6.07) is 0.229. The zero-order chi connectivity index (χ0) is 18.5. The van der Waals surface area contributed by atoms with E-state index in [-0.39, 0.29) is 23.4 Å². The Balaban J connectivity index is 1.52. The van der Waals surface area contributed by atoms with Crippen LogP contribution in [0.1, 0.15) is 66.7 Å². The van der Waals surface area contributed by atoms with Crippen molar-refractivity contribution in [1.82, 2.24) is 24.7 Å². The molecule has 1 N–H and O–H groups in total. The quantitative estimate of drug-likeness (QED) is 0.762. The maximum atomic E-state index is 12.6. The number of ether oxygens (including phenoxy) is 1. The Kier molecular flexibility index (Phi) is 3.89. The largest absolute Gasteiger partial charge is 0.445 e. The third-order valence-electron chi connectivity index (χ3n) is 6.01. The zero-order valence-electron chi connectivity index (χ0n) is 15.6. The first kappa shape index (κ1) is 16.7. The van der Waals surface area contributed by atoms with Crippen molar-refractivity contribution in [2.24, 2.45) is 0 Å². The Morgan fingerprint density at radius 1 is 1.11 bits per heavy atom. The summed E-state index contributed by atoms with van der Waals surface area (Å²) in [6.07, 6.45) is 5.36. The number of hydrogen-bond donors (Lipinski definition) is 1. The summed E-state index contributed by atoms with van der Waals surface area (Å²) in [5.74, 6) is 2.60. The van der Waals surface area contributed by atoms with E-state index >= 15 is 0 Å². The lowest BCUT2D eigenvalue weighted by molar-refractivity contribution is 0.0673. The molecule has 1 saturated carbocycles. The molecule has 142 valence electrons. The number of aryl methyl sites for hydroxylation is 2. The summed E-state index contributed by atoms with van der Waals surface area (Å²) in [5, 5.41) is 5.01. The third kappa shape index (κ3) is 2.70. The summed E-state index contributed by atoms with van der Waals surface area (Å²) in [7, 11) is 0. The van der Waals surface area contributed by atoms with E-state index in [0.717, 1.165) is 56.2 Å². The smallest absolute Gasteiger partial charge is 0.262 e. The van der Waals surface area contributed by atoms with Crippen LogP contribution in [0.3, 0.4) is 0 Å². The van der Waals surface area contributed by atoms with Crippen LogP contribution >= 0.6 is 0 Å². The van der Waals surface area contributed by atoms with E-state index in [0.29, 0.717) is 16.9 Å². The monoisotopic (exact) mass is 369 g/mol. The number of aromatic amines is 1. The maximum absolute atomic E-state index is 12.6. The van der Waals surface area contributed by atoms with Gasteiger partial charge in [-0.05, 0) is 39.5 Å². The summed E-state index contributed by atoms with van der Waals surface area (Å²) in [4.78, 5) is 25.0. The normalized spacial score (nSPS) is 23.6. The topological polar surface area (TPSA) is 98.8 Å². The average molecular weight is 369 g/mol. The van der Waals surface area contributed by atoms with Crippen molar-refractivity contribution in [3.63, 3.8) is 0 Å². The molecule has 2 fully saturated rings. The molecule has 8 nitrogen and oxygen atoms in total. The van der Waals surface area contributed by atoms with Crippen molar-refractivity contribution in [2.75, 3.05) is 13.2 Å². The molecule has 3 aromatic heterocycles. The number of aromatic nitrogens is 5. The Morgan fingerprint density at radius 2 is 1.89 bits per heavy atom. The van der Waals surface area contributed by atoms with E-state index in [2.05, 4.69) is 15.1 Å². The number of oxazole rings is 1. The molecule has 27 heavy (non-hydrogen) atoms. The minimum atomic E-state index is -0.126.